The van der Waals surface area contributed by atoms with Crippen molar-refractivity contribution >= 4 is 17.4 Å². The Morgan fingerprint density at radius 2 is 2.27 bits per heavy atom. The molecule has 0 aromatic heterocycles. The van der Waals surface area contributed by atoms with Gasteiger partial charge < -0.3 is 19.9 Å². The number of rotatable bonds is 4. The number of nitrogens with zero attached hydrogens (tertiary/aromatic N) is 2. The number of ether oxygens (including phenoxy) is 1. The summed E-state index contributed by atoms with van der Waals surface area (Å²) < 4.78 is 5.45. The third-order valence-corrected chi connectivity index (χ3v) is 4.24. The summed E-state index contributed by atoms with van der Waals surface area (Å²) in [6.07, 6.45) is 0.906. The lowest BCUT2D eigenvalue weighted by Crippen LogP contribution is -2.50. The summed E-state index contributed by atoms with van der Waals surface area (Å²) in [4.78, 5) is 16.6. The molecule has 0 radical (unpaired) electrons. The number of hydrogen-bond acceptors (Lipinski definition) is 3. The smallest absolute Gasteiger partial charge is 0.322 e. The van der Waals surface area contributed by atoms with Crippen molar-refractivity contribution in [3.8, 4) is 0 Å². The van der Waals surface area contributed by atoms with Gasteiger partial charge in [-0.1, -0.05) is 13.0 Å². The molecule has 1 aromatic carbocycles. The minimum Gasteiger partial charge on any atom is -0.377 e. The second-order valence-electron chi connectivity index (χ2n) is 6.02. The summed E-state index contributed by atoms with van der Waals surface area (Å²) in [7, 11) is 2.06. The van der Waals surface area contributed by atoms with Crippen LogP contribution in [0.15, 0.2) is 24.3 Å². The Morgan fingerprint density at radius 1 is 1.50 bits per heavy atom. The Balaban J connectivity index is 2.06. The van der Waals surface area contributed by atoms with Crippen LogP contribution >= 0.6 is 0 Å². The lowest BCUT2D eigenvalue weighted by Gasteiger charge is -2.35. The van der Waals surface area contributed by atoms with E-state index in [1.54, 1.807) is 0 Å². The molecular formula is C17H27N3O2. The molecule has 1 atom stereocenters. The second-order valence-corrected chi connectivity index (χ2v) is 6.02. The van der Waals surface area contributed by atoms with Gasteiger partial charge in [0, 0.05) is 31.0 Å². The molecule has 1 saturated heterocycles. The molecule has 122 valence electrons. The maximum absolute atomic E-state index is 12.5. The normalized spacial score (nSPS) is 18.4. The first-order valence-corrected chi connectivity index (χ1v) is 8.01. The maximum Gasteiger partial charge on any atom is 0.322 e. The van der Waals surface area contributed by atoms with Gasteiger partial charge >= 0.3 is 6.03 Å². The number of benzene rings is 1. The van der Waals surface area contributed by atoms with Gasteiger partial charge in [-0.05, 0) is 38.5 Å². The van der Waals surface area contributed by atoms with E-state index in [4.69, 9.17) is 4.74 Å². The van der Waals surface area contributed by atoms with E-state index in [1.807, 2.05) is 23.1 Å². The third kappa shape index (κ3) is 3.91. The first kappa shape index (κ1) is 16.6. The molecule has 0 bridgehead atoms. The van der Waals surface area contributed by atoms with Crippen molar-refractivity contribution in [1.82, 2.24) is 4.90 Å². The van der Waals surface area contributed by atoms with Crippen LogP contribution in [0, 0.1) is 0 Å². The highest BCUT2D eigenvalue weighted by Crippen LogP contribution is 2.21. The highest BCUT2D eigenvalue weighted by molar-refractivity contribution is 5.90. The molecule has 5 nitrogen and oxygen atoms in total. The van der Waals surface area contributed by atoms with Crippen molar-refractivity contribution in [2.24, 2.45) is 0 Å². The van der Waals surface area contributed by atoms with Crippen LogP contribution in [0.4, 0.5) is 16.2 Å². The number of urea groups is 1. The largest absolute Gasteiger partial charge is 0.377 e. The molecule has 1 aliphatic heterocycles. The first-order valence-electron chi connectivity index (χ1n) is 8.01. The van der Waals surface area contributed by atoms with E-state index in [0.717, 1.165) is 17.8 Å². The quantitative estimate of drug-likeness (QED) is 0.929. The molecule has 1 unspecified atom stereocenters. The zero-order valence-corrected chi connectivity index (χ0v) is 14.0. The zero-order chi connectivity index (χ0) is 16.1. The van der Waals surface area contributed by atoms with E-state index in [9.17, 15) is 4.79 Å². The molecule has 0 spiro atoms. The molecule has 1 fully saturated rings. The number of nitrogens with one attached hydrogen (secondary N) is 1. The van der Waals surface area contributed by atoms with Crippen LogP contribution in [0.2, 0.25) is 0 Å². The van der Waals surface area contributed by atoms with E-state index in [2.05, 4.69) is 44.1 Å². The van der Waals surface area contributed by atoms with Crippen molar-refractivity contribution < 1.29 is 9.53 Å². The first-order chi connectivity index (χ1) is 10.5. The molecule has 2 rings (SSSR count). The summed E-state index contributed by atoms with van der Waals surface area (Å²) in [6, 6.07) is 8.50. The average molecular weight is 305 g/mol. The van der Waals surface area contributed by atoms with E-state index < -0.39 is 0 Å². The van der Waals surface area contributed by atoms with Crippen molar-refractivity contribution in [3.63, 3.8) is 0 Å². The SMILES string of the molecule is CCC1COCCN1C(=O)Nc1cccc(N(C)C(C)C)c1. The van der Waals surface area contributed by atoms with Gasteiger partial charge in [0.2, 0.25) is 0 Å². The monoisotopic (exact) mass is 305 g/mol. The second kappa shape index (κ2) is 7.49. The zero-order valence-electron chi connectivity index (χ0n) is 14.0. The molecule has 2 amide bonds. The van der Waals surface area contributed by atoms with Gasteiger partial charge in [0.05, 0.1) is 19.3 Å². The highest BCUT2D eigenvalue weighted by Gasteiger charge is 2.25. The van der Waals surface area contributed by atoms with Crippen LogP contribution in [-0.4, -0.2) is 49.8 Å². The van der Waals surface area contributed by atoms with Gasteiger partial charge in [0.15, 0.2) is 0 Å². The van der Waals surface area contributed by atoms with Crippen LogP contribution in [0.1, 0.15) is 27.2 Å². The van der Waals surface area contributed by atoms with Gasteiger partial charge in [0.1, 0.15) is 0 Å². The molecule has 1 N–H and O–H groups in total. The van der Waals surface area contributed by atoms with Crippen LogP contribution in [-0.2, 0) is 4.74 Å². The van der Waals surface area contributed by atoms with Crippen LogP contribution in [0.3, 0.4) is 0 Å². The Labute approximate surface area is 133 Å². The van der Waals surface area contributed by atoms with Gasteiger partial charge in [-0.25, -0.2) is 4.79 Å². The summed E-state index contributed by atoms with van der Waals surface area (Å²) in [6.45, 7) is 8.25. The molecule has 1 heterocycles. The minimum atomic E-state index is -0.0421. The molecular weight excluding hydrogens is 278 g/mol. The number of morpholine rings is 1. The van der Waals surface area contributed by atoms with Gasteiger partial charge in [0.25, 0.3) is 0 Å². The minimum absolute atomic E-state index is 0.0421. The number of amides is 2. The topological polar surface area (TPSA) is 44.8 Å². The Bertz CT molecular complexity index is 504. The van der Waals surface area contributed by atoms with E-state index in [1.165, 1.54) is 0 Å². The predicted molar refractivity (Wildman–Crippen MR) is 90.6 cm³/mol. The Kier molecular flexibility index (Phi) is 5.66. The van der Waals surface area contributed by atoms with E-state index in [-0.39, 0.29) is 12.1 Å². The fraction of sp³-hybridized carbons (Fsp3) is 0.588. The van der Waals surface area contributed by atoms with Gasteiger partial charge in [-0.15, -0.1) is 0 Å². The number of carbonyl (C=O) groups excluding carboxylic acids is 1. The molecule has 22 heavy (non-hydrogen) atoms. The van der Waals surface area contributed by atoms with Crippen LogP contribution in [0.5, 0.6) is 0 Å². The predicted octanol–water partition coefficient (Wildman–Crippen LogP) is 3.17. The lowest BCUT2D eigenvalue weighted by molar-refractivity contribution is 0.0144. The summed E-state index contributed by atoms with van der Waals surface area (Å²) in [5.41, 5.74) is 1.93. The van der Waals surface area contributed by atoms with Crippen LogP contribution in [0.25, 0.3) is 0 Å². The van der Waals surface area contributed by atoms with Gasteiger partial charge in [-0.3, -0.25) is 0 Å². The van der Waals surface area contributed by atoms with Crippen molar-refractivity contribution in [3.05, 3.63) is 24.3 Å². The number of anilines is 2. The average Bonchev–Trinajstić information content (AvgIpc) is 2.54. The molecule has 0 aliphatic carbocycles. The molecule has 0 saturated carbocycles. The lowest BCUT2D eigenvalue weighted by atomic mass is 10.2. The fourth-order valence-corrected chi connectivity index (χ4v) is 2.56. The Morgan fingerprint density at radius 3 is 2.95 bits per heavy atom. The third-order valence-electron chi connectivity index (χ3n) is 4.24. The molecule has 1 aromatic rings. The number of carbonyl (C=O) groups is 1. The van der Waals surface area contributed by atoms with Crippen molar-refractivity contribution in [2.75, 3.05) is 37.0 Å². The van der Waals surface area contributed by atoms with Gasteiger partial charge in [-0.2, -0.15) is 0 Å². The standard InChI is InChI=1S/C17H27N3O2/c1-5-15-12-22-10-9-20(15)17(21)18-14-7-6-8-16(11-14)19(4)13(2)3/h6-8,11,13,15H,5,9-10,12H2,1-4H3,(H,18,21). The summed E-state index contributed by atoms with van der Waals surface area (Å²) >= 11 is 0. The van der Waals surface area contributed by atoms with Crippen LogP contribution < -0.4 is 10.2 Å². The van der Waals surface area contributed by atoms with E-state index in [0.29, 0.717) is 25.8 Å². The maximum atomic E-state index is 12.5. The molecule has 1 aliphatic rings. The number of hydrogen-bond donors (Lipinski definition) is 1. The van der Waals surface area contributed by atoms with Crippen molar-refractivity contribution in [2.45, 2.75) is 39.3 Å². The summed E-state index contributed by atoms with van der Waals surface area (Å²) in [5, 5.41) is 3.01. The van der Waals surface area contributed by atoms with Crippen molar-refractivity contribution in [1.29, 1.82) is 0 Å². The molecule has 5 heteroatoms. The highest BCUT2D eigenvalue weighted by atomic mass is 16.5. The fourth-order valence-electron chi connectivity index (χ4n) is 2.56. The summed E-state index contributed by atoms with van der Waals surface area (Å²) in [5.74, 6) is 0. The van der Waals surface area contributed by atoms with E-state index >= 15 is 0 Å². The Hall–Kier alpha value is -1.75.